The molecule has 0 radical (unpaired) electrons. The van der Waals surface area contributed by atoms with Crippen molar-refractivity contribution in [3.63, 3.8) is 0 Å². The summed E-state index contributed by atoms with van der Waals surface area (Å²) in [7, 11) is 0. The smallest absolute Gasteiger partial charge is 0.416 e. The average molecular weight is 236 g/mol. The average Bonchev–Trinajstić information content (AvgIpc) is 2.15. The first-order chi connectivity index (χ1) is 6.84. The molecule has 0 aliphatic carbocycles. The second-order valence-corrected chi connectivity index (χ2v) is 3.63. The van der Waals surface area contributed by atoms with Crippen LogP contribution in [-0.2, 0) is 6.18 Å². The molecular formula is C9H7F3O2S. The van der Waals surface area contributed by atoms with E-state index in [1.54, 1.807) is 6.26 Å². The molecule has 0 saturated heterocycles. The molecule has 0 aliphatic heterocycles. The van der Waals surface area contributed by atoms with Crippen molar-refractivity contribution in [2.45, 2.75) is 11.1 Å². The van der Waals surface area contributed by atoms with Gasteiger partial charge in [-0.3, -0.25) is 0 Å². The third kappa shape index (κ3) is 2.89. The van der Waals surface area contributed by atoms with Gasteiger partial charge in [0.05, 0.1) is 11.1 Å². The number of rotatable bonds is 2. The van der Waals surface area contributed by atoms with Crippen LogP contribution in [0.4, 0.5) is 13.2 Å². The maximum absolute atomic E-state index is 12.3. The quantitative estimate of drug-likeness (QED) is 0.801. The van der Waals surface area contributed by atoms with Crippen molar-refractivity contribution in [1.82, 2.24) is 0 Å². The van der Waals surface area contributed by atoms with Crippen LogP contribution >= 0.6 is 11.8 Å². The number of carboxylic acid groups (broad SMARTS) is 1. The van der Waals surface area contributed by atoms with Crippen LogP contribution in [-0.4, -0.2) is 17.3 Å². The summed E-state index contributed by atoms with van der Waals surface area (Å²) in [6, 6.07) is 2.77. The van der Waals surface area contributed by atoms with Gasteiger partial charge in [0, 0.05) is 4.90 Å². The molecule has 0 aromatic heterocycles. The molecule has 0 heterocycles. The van der Waals surface area contributed by atoms with E-state index in [1.807, 2.05) is 0 Å². The Bertz CT molecular complexity index is 387. The van der Waals surface area contributed by atoms with E-state index >= 15 is 0 Å². The number of carbonyl (C=O) groups is 1. The summed E-state index contributed by atoms with van der Waals surface area (Å²) in [4.78, 5) is 10.9. The highest BCUT2D eigenvalue weighted by Gasteiger charge is 2.31. The fraction of sp³-hybridized carbons (Fsp3) is 0.222. The second-order valence-electron chi connectivity index (χ2n) is 2.75. The standard InChI is InChI=1S/C9H7F3O2S/c1-15-7-3-5(8(13)14)2-6(4-7)9(10,11)12/h2-4H,1H3,(H,13,14). The Morgan fingerprint density at radius 2 is 1.93 bits per heavy atom. The second kappa shape index (κ2) is 4.14. The predicted molar refractivity (Wildman–Crippen MR) is 50.2 cm³/mol. The molecule has 0 atom stereocenters. The van der Waals surface area contributed by atoms with Crippen LogP contribution in [0, 0.1) is 0 Å². The number of carboxylic acids is 1. The lowest BCUT2D eigenvalue weighted by molar-refractivity contribution is -0.137. The van der Waals surface area contributed by atoms with E-state index in [9.17, 15) is 18.0 Å². The molecule has 1 aromatic carbocycles. The predicted octanol–water partition coefficient (Wildman–Crippen LogP) is 3.13. The Morgan fingerprint density at radius 1 is 1.33 bits per heavy atom. The molecule has 0 fully saturated rings. The molecule has 0 bridgehead atoms. The van der Waals surface area contributed by atoms with Gasteiger partial charge in [-0.05, 0) is 24.5 Å². The van der Waals surface area contributed by atoms with Gasteiger partial charge in [0.25, 0.3) is 0 Å². The number of alkyl halides is 3. The van der Waals surface area contributed by atoms with Crippen molar-refractivity contribution >= 4 is 17.7 Å². The molecule has 6 heteroatoms. The van der Waals surface area contributed by atoms with Crippen molar-refractivity contribution in [2.24, 2.45) is 0 Å². The maximum Gasteiger partial charge on any atom is 0.416 e. The van der Waals surface area contributed by atoms with Crippen LogP contribution in [0.25, 0.3) is 0 Å². The van der Waals surface area contributed by atoms with Crippen molar-refractivity contribution in [2.75, 3.05) is 6.26 Å². The van der Waals surface area contributed by atoms with Gasteiger partial charge in [0.15, 0.2) is 0 Å². The van der Waals surface area contributed by atoms with Gasteiger partial charge in [0.1, 0.15) is 0 Å². The largest absolute Gasteiger partial charge is 0.478 e. The zero-order valence-electron chi connectivity index (χ0n) is 7.63. The van der Waals surface area contributed by atoms with Gasteiger partial charge in [-0.1, -0.05) is 0 Å². The third-order valence-corrected chi connectivity index (χ3v) is 2.42. The molecule has 1 aromatic rings. The van der Waals surface area contributed by atoms with Crippen LogP contribution in [0.1, 0.15) is 15.9 Å². The molecule has 15 heavy (non-hydrogen) atoms. The van der Waals surface area contributed by atoms with Gasteiger partial charge in [-0.2, -0.15) is 13.2 Å². The summed E-state index contributed by atoms with van der Waals surface area (Å²) in [6.07, 6.45) is -2.93. The van der Waals surface area contributed by atoms with Gasteiger partial charge in [-0.25, -0.2) is 4.79 Å². The molecule has 2 nitrogen and oxygen atoms in total. The van der Waals surface area contributed by atoms with Crippen LogP contribution < -0.4 is 0 Å². The number of hydrogen-bond acceptors (Lipinski definition) is 2. The fourth-order valence-electron chi connectivity index (χ4n) is 1.00. The summed E-state index contributed by atoms with van der Waals surface area (Å²) in [5.41, 5.74) is -1.29. The van der Waals surface area contributed by atoms with E-state index in [-0.39, 0.29) is 10.5 Å². The Balaban J connectivity index is 3.30. The number of aromatic carboxylic acids is 1. The number of halogens is 3. The van der Waals surface area contributed by atoms with E-state index in [0.717, 1.165) is 17.8 Å². The van der Waals surface area contributed by atoms with Crippen molar-refractivity contribution in [3.8, 4) is 0 Å². The third-order valence-electron chi connectivity index (χ3n) is 1.72. The summed E-state index contributed by atoms with van der Waals surface area (Å²) in [6.45, 7) is 0. The Kier molecular flexibility index (Phi) is 3.28. The minimum atomic E-state index is -4.52. The highest BCUT2D eigenvalue weighted by Crippen LogP contribution is 2.32. The van der Waals surface area contributed by atoms with Crippen molar-refractivity contribution in [3.05, 3.63) is 29.3 Å². The molecule has 0 saturated carbocycles. The first-order valence-corrected chi connectivity index (χ1v) is 5.06. The first kappa shape index (κ1) is 11.9. The van der Waals surface area contributed by atoms with Crippen molar-refractivity contribution in [1.29, 1.82) is 0 Å². The van der Waals surface area contributed by atoms with Gasteiger partial charge < -0.3 is 5.11 Å². The minimum Gasteiger partial charge on any atom is -0.478 e. The normalized spacial score (nSPS) is 11.5. The van der Waals surface area contributed by atoms with Crippen LogP contribution in [0.3, 0.4) is 0 Å². The van der Waals surface area contributed by atoms with Crippen LogP contribution in [0.2, 0.25) is 0 Å². The van der Waals surface area contributed by atoms with Gasteiger partial charge in [0.2, 0.25) is 0 Å². The summed E-state index contributed by atoms with van der Waals surface area (Å²) < 4.78 is 37.0. The molecule has 82 valence electrons. The monoisotopic (exact) mass is 236 g/mol. The Hall–Kier alpha value is -1.17. The summed E-state index contributed by atoms with van der Waals surface area (Å²) >= 11 is 1.07. The van der Waals surface area contributed by atoms with Crippen LogP contribution in [0.15, 0.2) is 23.1 Å². The number of thioether (sulfide) groups is 1. The van der Waals surface area contributed by atoms with Crippen LogP contribution in [0.5, 0.6) is 0 Å². The lowest BCUT2D eigenvalue weighted by Crippen LogP contribution is -2.07. The van der Waals surface area contributed by atoms with Gasteiger partial charge >= 0.3 is 12.1 Å². The molecule has 1 N–H and O–H groups in total. The molecule has 0 aliphatic rings. The first-order valence-electron chi connectivity index (χ1n) is 3.84. The lowest BCUT2D eigenvalue weighted by atomic mass is 10.1. The molecular weight excluding hydrogens is 229 g/mol. The summed E-state index contributed by atoms with van der Waals surface area (Å²) in [5, 5.41) is 8.62. The molecule has 0 spiro atoms. The van der Waals surface area contributed by atoms with Crippen molar-refractivity contribution < 1.29 is 23.1 Å². The lowest BCUT2D eigenvalue weighted by Gasteiger charge is -2.09. The molecule has 1 rings (SSSR count). The minimum absolute atomic E-state index is 0.280. The number of benzene rings is 1. The highest BCUT2D eigenvalue weighted by molar-refractivity contribution is 7.98. The Labute approximate surface area is 88.1 Å². The van der Waals surface area contributed by atoms with E-state index in [0.29, 0.717) is 6.07 Å². The fourth-order valence-corrected chi connectivity index (χ4v) is 1.49. The SMILES string of the molecule is CSc1cc(C(=O)O)cc(C(F)(F)F)c1. The zero-order chi connectivity index (χ0) is 11.6. The number of hydrogen-bond donors (Lipinski definition) is 1. The molecule has 0 amide bonds. The zero-order valence-corrected chi connectivity index (χ0v) is 8.45. The van der Waals surface area contributed by atoms with E-state index in [1.165, 1.54) is 6.07 Å². The van der Waals surface area contributed by atoms with E-state index in [2.05, 4.69) is 0 Å². The topological polar surface area (TPSA) is 37.3 Å². The molecule has 0 unspecified atom stereocenters. The summed E-state index contributed by atoms with van der Waals surface area (Å²) in [5.74, 6) is -1.36. The highest BCUT2D eigenvalue weighted by atomic mass is 32.2. The maximum atomic E-state index is 12.3. The van der Waals surface area contributed by atoms with Gasteiger partial charge in [-0.15, -0.1) is 11.8 Å². The van der Waals surface area contributed by atoms with E-state index in [4.69, 9.17) is 5.11 Å². The Morgan fingerprint density at radius 3 is 2.33 bits per heavy atom. The van der Waals surface area contributed by atoms with E-state index < -0.39 is 17.7 Å².